The molecule has 1 aliphatic rings. The molecule has 1 aromatic heterocycles. The van der Waals surface area contributed by atoms with Crippen molar-refractivity contribution in [1.29, 1.82) is 0 Å². The van der Waals surface area contributed by atoms with Crippen LogP contribution in [0.15, 0.2) is 28.7 Å². The first-order chi connectivity index (χ1) is 11.7. The maximum atomic E-state index is 12.6. The second-order valence-corrected chi connectivity index (χ2v) is 7.02. The molecule has 0 saturated carbocycles. The fraction of sp³-hybridized carbons (Fsp3) is 0.333. The Morgan fingerprint density at radius 3 is 2.64 bits per heavy atom. The van der Waals surface area contributed by atoms with E-state index in [1.54, 1.807) is 13.0 Å². The van der Waals surface area contributed by atoms with Crippen LogP contribution in [-0.4, -0.2) is 16.6 Å². The number of Topliss-reactive ketones (excluding diaryl/α,β-unsaturated/α-hetero) is 1. The molecule has 0 fully saturated rings. The third kappa shape index (κ3) is 3.05. The number of rotatable bonds is 3. The molecule has 1 amide bonds. The Balaban J connectivity index is 1.95. The molecule has 1 aliphatic carbocycles. The Morgan fingerprint density at radius 1 is 1.28 bits per heavy atom. The van der Waals surface area contributed by atoms with E-state index in [2.05, 4.69) is 5.32 Å². The molecule has 1 N–H and O–H groups in total. The first-order valence-corrected chi connectivity index (χ1v) is 7.90. The fourth-order valence-corrected chi connectivity index (χ4v) is 3.22. The number of carbonyl (C=O) groups excluding carboxylic acids is 2. The van der Waals surface area contributed by atoms with Crippen LogP contribution in [0.5, 0.6) is 0 Å². The van der Waals surface area contributed by atoms with Crippen molar-refractivity contribution in [2.75, 3.05) is 5.32 Å². The van der Waals surface area contributed by atoms with Crippen LogP contribution in [0.4, 0.5) is 11.4 Å². The summed E-state index contributed by atoms with van der Waals surface area (Å²) < 4.78 is 5.67. The summed E-state index contributed by atoms with van der Waals surface area (Å²) in [6, 6.07) is 5.87. The second kappa shape index (κ2) is 5.84. The van der Waals surface area contributed by atoms with Crippen LogP contribution in [0.1, 0.15) is 52.5 Å². The van der Waals surface area contributed by atoms with Gasteiger partial charge in [0.2, 0.25) is 0 Å². The van der Waals surface area contributed by atoms with Crippen LogP contribution in [0.2, 0.25) is 0 Å². The van der Waals surface area contributed by atoms with Crippen molar-refractivity contribution in [3.8, 4) is 0 Å². The van der Waals surface area contributed by atoms with Crippen molar-refractivity contribution in [2.24, 2.45) is 5.41 Å². The van der Waals surface area contributed by atoms with Gasteiger partial charge in [0.05, 0.1) is 10.5 Å². The maximum Gasteiger partial charge on any atom is 0.292 e. The van der Waals surface area contributed by atoms with E-state index in [0.717, 1.165) is 0 Å². The zero-order chi connectivity index (χ0) is 18.4. The molecule has 1 heterocycles. The summed E-state index contributed by atoms with van der Waals surface area (Å²) >= 11 is 0. The summed E-state index contributed by atoms with van der Waals surface area (Å²) in [5.74, 6) is -0.121. The van der Waals surface area contributed by atoms with Crippen molar-refractivity contribution >= 4 is 23.1 Å². The first kappa shape index (κ1) is 16.9. The van der Waals surface area contributed by atoms with Gasteiger partial charge in [-0.3, -0.25) is 19.7 Å². The molecule has 0 spiro atoms. The van der Waals surface area contributed by atoms with Crippen LogP contribution < -0.4 is 5.32 Å². The number of carbonyl (C=O) groups is 2. The smallest absolute Gasteiger partial charge is 0.292 e. The number of nitrogens with one attached hydrogen (secondary N) is 1. The summed E-state index contributed by atoms with van der Waals surface area (Å²) in [5.41, 5.74) is 0.596. The number of nitrogens with zero attached hydrogens (tertiary/aromatic N) is 1. The number of benzene rings is 1. The largest absolute Gasteiger partial charge is 0.455 e. The quantitative estimate of drug-likeness (QED) is 0.673. The summed E-state index contributed by atoms with van der Waals surface area (Å²) in [6.45, 7) is 5.60. The van der Waals surface area contributed by atoms with E-state index in [4.69, 9.17) is 4.42 Å². The number of furan rings is 1. The molecule has 2 aromatic rings. The normalized spacial score (nSPS) is 15.6. The van der Waals surface area contributed by atoms with Crippen LogP contribution >= 0.6 is 0 Å². The monoisotopic (exact) mass is 342 g/mol. The predicted molar refractivity (Wildman–Crippen MR) is 90.9 cm³/mol. The minimum absolute atomic E-state index is 0.0224. The van der Waals surface area contributed by atoms with Crippen LogP contribution in [0.3, 0.4) is 0 Å². The van der Waals surface area contributed by atoms with Crippen molar-refractivity contribution in [2.45, 2.75) is 33.6 Å². The van der Waals surface area contributed by atoms with Crippen LogP contribution in [-0.2, 0) is 6.42 Å². The highest BCUT2D eigenvalue weighted by Gasteiger charge is 2.37. The zero-order valence-corrected chi connectivity index (χ0v) is 14.2. The Hall–Kier alpha value is -2.96. The van der Waals surface area contributed by atoms with E-state index < -0.39 is 10.8 Å². The van der Waals surface area contributed by atoms with Crippen molar-refractivity contribution in [1.82, 2.24) is 0 Å². The van der Waals surface area contributed by atoms with Crippen LogP contribution in [0.25, 0.3) is 0 Å². The molecule has 1 aromatic carbocycles. The number of hydrogen-bond acceptors (Lipinski definition) is 5. The lowest BCUT2D eigenvalue weighted by Gasteiger charge is -2.27. The van der Waals surface area contributed by atoms with E-state index in [1.807, 2.05) is 13.8 Å². The molecule has 7 nitrogen and oxygen atoms in total. The number of hydrogen-bond donors (Lipinski definition) is 1. The Morgan fingerprint density at radius 2 is 1.96 bits per heavy atom. The number of nitro benzene ring substituents is 1. The van der Waals surface area contributed by atoms with Gasteiger partial charge in [-0.25, -0.2) is 0 Å². The van der Waals surface area contributed by atoms with Gasteiger partial charge < -0.3 is 9.73 Å². The Kier molecular flexibility index (Phi) is 3.94. The van der Waals surface area contributed by atoms with E-state index >= 15 is 0 Å². The Bertz CT molecular complexity index is 895. The van der Waals surface area contributed by atoms with Gasteiger partial charge in [-0.15, -0.1) is 0 Å². The molecule has 25 heavy (non-hydrogen) atoms. The Labute approximate surface area is 144 Å². The standard InChI is InChI=1S/C18H18N2O5/c1-10-15-13(21)8-18(2,3)9-14(15)25-16(10)17(22)19-11-6-4-5-7-12(11)20(23)24/h4-7H,8-9H2,1-3H3,(H,19,22). The molecular formula is C18H18N2O5. The van der Waals surface area contributed by atoms with E-state index in [0.29, 0.717) is 29.7 Å². The van der Waals surface area contributed by atoms with Gasteiger partial charge in [-0.1, -0.05) is 26.0 Å². The highest BCUT2D eigenvalue weighted by atomic mass is 16.6. The van der Waals surface area contributed by atoms with Gasteiger partial charge in [0.15, 0.2) is 11.5 Å². The van der Waals surface area contributed by atoms with Crippen molar-refractivity contribution in [3.63, 3.8) is 0 Å². The maximum absolute atomic E-state index is 12.6. The number of ketones is 1. The van der Waals surface area contributed by atoms with E-state index in [-0.39, 0.29) is 28.3 Å². The van der Waals surface area contributed by atoms with Gasteiger partial charge in [-0.05, 0) is 18.4 Å². The lowest BCUT2D eigenvalue weighted by atomic mass is 9.76. The van der Waals surface area contributed by atoms with Gasteiger partial charge in [-0.2, -0.15) is 0 Å². The molecule has 0 radical (unpaired) electrons. The summed E-state index contributed by atoms with van der Waals surface area (Å²) in [4.78, 5) is 35.4. The highest BCUT2D eigenvalue weighted by Crippen LogP contribution is 2.38. The number of nitro groups is 1. The third-order valence-corrected chi connectivity index (χ3v) is 4.33. The molecule has 130 valence electrons. The molecule has 0 aliphatic heterocycles. The van der Waals surface area contributed by atoms with Gasteiger partial charge in [0, 0.05) is 24.5 Å². The van der Waals surface area contributed by atoms with Crippen molar-refractivity contribution in [3.05, 3.63) is 57.0 Å². The predicted octanol–water partition coefficient (Wildman–Crippen LogP) is 3.90. The fourth-order valence-electron chi connectivity index (χ4n) is 3.22. The molecule has 0 unspecified atom stereocenters. The number of para-hydroxylation sites is 2. The molecule has 0 saturated heterocycles. The topological polar surface area (TPSA) is 102 Å². The van der Waals surface area contributed by atoms with Gasteiger partial charge in [0.25, 0.3) is 11.6 Å². The average Bonchev–Trinajstić information content (AvgIpc) is 2.83. The molecule has 3 rings (SSSR count). The number of amides is 1. The molecule has 0 bridgehead atoms. The van der Waals surface area contributed by atoms with Gasteiger partial charge >= 0.3 is 0 Å². The lowest BCUT2D eigenvalue weighted by Crippen LogP contribution is -2.26. The summed E-state index contributed by atoms with van der Waals surface area (Å²) in [7, 11) is 0. The lowest BCUT2D eigenvalue weighted by molar-refractivity contribution is -0.383. The van der Waals surface area contributed by atoms with E-state index in [9.17, 15) is 19.7 Å². The summed E-state index contributed by atoms with van der Waals surface area (Å²) in [6.07, 6.45) is 0.958. The third-order valence-electron chi connectivity index (χ3n) is 4.33. The number of anilines is 1. The first-order valence-electron chi connectivity index (χ1n) is 7.90. The van der Waals surface area contributed by atoms with E-state index in [1.165, 1.54) is 18.2 Å². The number of fused-ring (bicyclic) bond motifs is 1. The second-order valence-electron chi connectivity index (χ2n) is 7.02. The van der Waals surface area contributed by atoms with Gasteiger partial charge in [0.1, 0.15) is 11.4 Å². The summed E-state index contributed by atoms with van der Waals surface area (Å²) in [5, 5.41) is 13.6. The molecular weight excluding hydrogens is 324 g/mol. The SMILES string of the molecule is Cc1c(C(=O)Nc2ccccc2[N+](=O)[O-])oc2c1C(=O)CC(C)(C)C2. The average molecular weight is 342 g/mol. The molecule has 7 heteroatoms. The zero-order valence-electron chi connectivity index (χ0n) is 14.2. The van der Waals surface area contributed by atoms with Crippen LogP contribution in [0, 0.1) is 22.5 Å². The highest BCUT2D eigenvalue weighted by molar-refractivity contribution is 6.08. The minimum atomic E-state index is -0.605. The molecule has 0 atom stereocenters. The minimum Gasteiger partial charge on any atom is -0.455 e. The van der Waals surface area contributed by atoms with Crippen molar-refractivity contribution < 1.29 is 18.9 Å².